The van der Waals surface area contributed by atoms with Crippen LogP contribution in [0.15, 0.2) is 36.0 Å². The molecule has 5 heterocycles. The normalized spacial score (nSPS) is 50.3. The maximum absolute atomic E-state index is 12.8. The molecule has 4 unspecified atom stereocenters. The molecule has 0 aromatic rings. The number of rotatable bonds is 3. The number of aliphatic hydroxyl groups is 2. The van der Waals surface area contributed by atoms with Crippen LogP contribution in [0.3, 0.4) is 0 Å². The number of esters is 2. The molecule has 5 rings (SSSR count). The highest BCUT2D eigenvalue weighted by atomic mass is 17.0. The van der Waals surface area contributed by atoms with Gasteiger partial charge in [0, 0.05) is 12.3 Å². The van der Waals surface area contributed by atoms with E-state index in [4.69, 9.17) is 23.7 Å². The van der Waals surface area contributed by atoms with Crippen molar-refractivity contribution in [3.8, 4) is 0 Å². The van der Waals surface area contributed by atoms with Crippen LogP contribution in [0, 0.1) is 11.8 Å². The number of aliphatic hydroxyl groups excluding tert-OH is 2. The van der Waals surface area contributed by atoms with Gasteiger partial charge in [-0.1, -0.05) is 24.3 Å². The molecular formula is C21H24O9. The van der Waals surface area contributed by atoms with Crippen LogP contribution in [0.4, 0.5) is 0 Å². The van der Waals surface area contributed by atoms with Gasteiger partial charge < -0.3 is 33.9 Å². The van der Waals surface area contributed by atoms with E-state index in [1.54, 1.807) is 13.8 Å². The lowest BCUT2D eigenvalue weighted by Gasteiger charge is -2.32. The lowest BCUT2D eigenvalue weighted by Crippen LogP contribution is -2.43. The molecule has 9 atom stereocenters. The molecule has 0 aliphatic carbocycles. The van der Waals surface area contributed by atoms with Crippen LogP contribution in [-0.4, -0.2) is 70.9 Å². The molecule has 4 bridgehead atoms. The van der Waals surface area contributed by atoms with Crippen molar-refractivity contribution in [2.45, 2.75) is 61.9 Å². The molecule has 0 aromatic carbocycles. The van der Waals surface area contributed by atoms with Crippen molar-refractivity contribution in [3.05, 3.63) is 36.0 Å². The molecule has 0 radical (unpaired) electrons. The maximum Gasteiger partial charge on any atom is 0.347 e. The lowest BCUT2D eigenvalue weighted by atomic mass is 9.80. The van der Waals surface area contributed by atoms with Gasteiger partial charge in [-0.25, -0.2) is 9.59 Å². The Bertz CT molecular complexity index is 923. The van der Waals surface area contributed by atoms with Crippen LogP contribution in [0.25, 0.3) is 0 Å². The van der Waals surface area contributed by atoms with Crippen LogP contribution >= 0.6 is 0 Å². The standard InChI is InChI=1S/C21H24O9/c1-8(2)11-7-19-20(29-19,18(25)26-5)17-21(28-17,30-19)13(9(3)4)12-6-10(16(24)27-12)14(22)15(11)23/h6,11-15,17,22-23H,1,3,7H2,2,4-5H3/t11?,12-,13-,14+,15-,17?,19?,20-,21?/m1/s1. The Morgan fingerprint density at radius 3 is 2.53 bits per heavy atom. The van der Waals surface area contributed by atoms with Crippen LogP contribution in [0.1, 0.15) is 20.3 Å². The second-order valence-electron chi connectivity index (χ2n) is 8.81. The molecule has 30 heavy (non-hydrogen) atoms. The number of methoxy groups -OCH3 is 1. The molecule has 162 valence electrons. The summed E-state index contributed by atoms with van der Waals surface area (Å²) in [5, 5.41) is 21.7. The molecule has 3 fully saturated rings. The van der Waals surface area contributed by atoms with Gasteiger partial charge in [0.2, 0.25) is 11.6 Å². The molecule has 5 aliphatic heterocycles. The topological polar surface area (TPSA) is 127 Å². The number of epoxide rings is 2. The number of carbonyl (C=O) groups is 2. The number of hydrogen-bond donors (Lipinski definition) is 2. The fourth-order valence-electron chi connectivity index (χ4n) is 5.41. The second kappa shape index (κ2) is 5.80. The van der Waals surface area contributed by atoms with Gasteiger partial charge in [-0.3, -0.25) is 0 Å². The summed E-state index contributed by atoms with van der Waals surface area (Å²) in [5.74, 6) is -5.49. The predicted octanol–water partition coefficient (Wildman–Crippen LogP) is 0.112. The third-order valence-corrected chi connectivity index (χ3v) is 6.93. The summed E-state index contributed by atoms with van der Waals surface area (Å²) < 4.78 is 28.5. The third kappa shape index (κ3) is 2.14. The van der Waals surface area contributed by atoms with E-state index in [1.807, 2.05) is 0 Å². The van der Waals surface area contributed by atoms with Crippen molar-refractivity contribution in [2.24, 2.45) is 11.8 Å². The van der Waals surface area contributed by atoms with Crippen molar-refractivity contribution < 1.29 is 43.5 Å². The van der Waals surface area contributed by atoms with Crippen molar-refractivity contribution in [3.63, 3.8) is 0 Å². The van der Waals surface area contributed by atoms with Crippen LogP contribution < -0.4 is 0 Å². The third-order valence-electron chi connectivity index (χ3n) is 6.93. The zero-order valence-corrected chi connectivity index (χ0v) is 16.9. The minimum atomic E-state index is -1.51. The summed E-state index contributed by atoms with van der Waals surface area (Å²) in [4.78, 5) is 25.3. The maximum atomic E-state index is 12.8. The van der Waals surface area contributed by atoms with E-state index in [9.17, 15) is 19.8 Å². The summed E-state index contributed by atoms with van der Waals surface area (Å²) in [5.41, 5.74) is -0.411. The van der Waals surface area contributed by atoms with Gasteiger partial charge in [0.25, 0.3) is 5.60 Å². The average molecular weight is 420 g/mol. The van der Waals surface area contributed by atoms with Gasteiger partial charge in [0.1, 0.15) is 12.2 Å². The highest BCUT2D eigenvalue weighted by Gasteiger charge is 2.99. The Labute approximate surface area is 172 Å². The molecule has 0 amide bonds. The van der Waals surface area contributed by atoms with Crippen LogP contribution in [0.2, 0.25) is 0 Å². The first-order chi connectivity index (χ1) is 14.0. The first kappa shape index (κ1) is 19.9. The summed E-state index contributed by atoms with van der Waals surface area (Å²) in [6.07, 6.45) is -3.05. The van der Waals surface area contributed by atoms with Crippen LogP contribution in [0.5, 0.6) is 0 Å². The van der Waals surface area contributed by atoms with E-state index in [0.29, 0.717) is 11.1 Å². The minimum absolute atomic E-state index is 0.0210. The van der Waals surface area contributed by atoms with E-state index in [1.165, 1.54) is 13.2 Å². The Balaban J connectivity index is 1.67. The minimum Gasteiger partial charge on any atom is -0.467 e. The van der Waals surface area contributed by atoms with Crippen molar-refractivity contribution in [1.29, 1.82) is 0 Å². The number of hydrogen-bond acceptors (Lipinski definition) is 9. The summed E-state index contributed by atoms with van der Waals surface area (Å²) in [6, 6.07) is 0. The van der Waals surface area contributed by atoms with E-state index in [0.717, 1.165) is 0 Å². The van der Waals surface area contributed by atoms with Crippen molar-refractivity contribution >= 4 is 11.9 Å². The highest BCUT2D eigenvalue weighted by molar-refractivity contribution is 5.92. The summed E-state index contributed by atoms with van der Waals surface area (Å²) >= 11 is 0. The molecule has 2 N–H and O–H groups in total. The molecule has 9 heteroatoms. The van der Waals surface area contributed by atoms with E-state index >= 15 is 0 Å². The van der Waals surface area contributed by atoms with E-state index in [2.05, 4.69) is 13.2 Å². The number of carbonyl (C=O) groups excluding carboxylic acids is 2. The fourth-order valence-corrected chi connectivity index (χ4v) is 5.41. The Morgan fingerprint density at radius 2 is 1.93 bits per heavy atom. The molecule has 9 nitrogen and oxygen atoms in total. The zero-order valence-electron chi connectivity index (χ0n) is 16.9. The summed E-state index contributed by atoms with van der Waals surface area (Å²) in [6.45, 7) is 11.3. The first-order valence-corrected chi connectivity index (χ1v) is 9.81. The SMILES string of the molecule is C=C(C)C1CC23OC4(OC4[C@]2(C(=O)OC)O3)[C@H](C(=C)C)[C@H]2C=C(C(=O)O2)[C@H](O)[C@@H]1O. The molecule has 5 aliphatic rings. The quantitative estimate of drug-likeness (QED) is 0.371. The highest BCUT2D eigenvalue weighted by Crippen LogP contribution is 2.75. The zero-order chi connectivity index (χ0) is 21.8. The molecular weight excluding hydrogens is 396 g/mol. The Kier molecular flexibility index (Phi) is 3.85. The predicted molar refractivity (Wildman–Crippen MR) is 98.5 cm³/mol. The fraction of sp³-hybridized carbons (Fsp3) is 0.619. The monoisotopic (exact) mass is 420 g/mol. The first-order valence-electron chi connectivity index (χ1n) is 9.81. The lowest BCUT2D eigenvalue weighted by molar-refractivity contribution is -0.189. The number of fused-ring (bicyclic) bond motifs is 2. The Hall–Kier alpha value is -2.04. The average Bonchev–Trinajstić information content (AvgIpc) is 3.49. The molecule has 3 saturated heterocycles. The molecule has 0 saturated carbocycles. The van der Waals surface area contributed by atoms with Gasteiger partial charge in [0.15, 0.2) is 6.10 Å². The van der Waals surface area contributed by atoms with Crippen molar-refractivity contribution in [1.82, 2.24) is 0 Å². The largest absolute Gasteiger partial charge is 0.467 e. The van der Waals surface area contributed by atoms with Gasteiger partial charge in [-0.15, -0.1) is 0 Å². The number of ether oxygens (including phenoxy) is 5. The van der Waals surface area contributed by atoms with Gasteiger partial charge in [-0.05, 0) is 19.9 Å². The smallest absolute Gasteiger partial charge is 0.347 e. The molecule has 0 aromatic heterocycles. The van der Waals surface area contributed by atoms with Gasteiger partial charge >= 0.3 is 11.9 Å². The van der Waals surface area contributed by atoms with Gasteiger partial charge in [0.05, 0.1) is 24.7 Å². The Morgan fingerprint density at radius 1 is 1.23 bits per heavy atom. The summed E-state index contributed by atoms with van der Waals surface area (Å²) in [7, 11) is 1.24. The van der Waals surface area contributed by atoms with Crippen LogP contribution in [-0.2, 0) is 33.3 Å². The van der Waals surface area contributed by atoms with Crippen molar-refractivity contribution in [2.75, 3.05) is 7.11 Å². The van der Waals surface area contributed by atoms with E-state index in [-0.39, 0.29) is 12.0 Å². The second-order valence-corrected chi connectivity index (χ2v) is 8.81. The molecule has 2 spiro atoms. The van der Waals surface area contributed by atoms with E-state index < -0.39 is 65.4 Å². The van der Waals surface area contributed by atoms with Gasteiger partial charge in [-0.2, -0.15) is 0 Å².